The van der Waals surface area contributed by atoms with Crippen LogP contribution in [0.3, 0.4) is 0 Å². The van der Waals surface area contributed by atoms with Crippen molar-refractivity contribution in [3.05, 3.63) is 95.2 Å². The maximum Gasteiger partial charge on any atom is 0.282 e. The molecule has 5 nitrogen and oxygen atoms in total. The summed E-state index contributed by atoms with van der Waals surface area (Å²) in [7, 11) is 0. The van der Waals surface area contributed by atoms with Gasteiger partial charge < -0.3 is 10.1 Å². The molecule has 4 rings (SSSR count). The molecule has 0 aromatic heterocycles. The van der Waals surface area contributed by atoms with E-state index in [1.807, 2.05) is 86.6 Å². The highest BCUT2D eigenvalue weighted by Gasteiger charge is 2.40. The predicted molar refractivity (Wildman–Crippen MR) is 132 cm³/mol. The van der Waals surface area contributed by atoms with E-state index in [0.717, 1.165) is 24.0 Å². The zero-order valence-corrected chi connectivity index (χ0v) is 19.2. The van der Waals surface area contributed by atoms with Gasteiger partial charge in [0.15, 0.2) is 0 Å². The van der Waals surface area contributed by atoms with E-state index in [0.29, 0.717) is 34.9 Å². The number of hydrogen-bond acceptors (Lipinski definition) is 4. The maximum absolute atomic E-state index is 13.5. The van der Waals surface area contributed by atoms with Crippen molar-refractivity contribution >= 4 is 28.8 Å². The van der Waals surface area contributed by atoms with Crippen LogP contribution in [0.4, 0.5) is 11.4 Å². The minimum Gasteiger partial charge on any atom is -0.494 e. The van der Waals surface area contributed by atoms with Crippen LogP contribution < -0.4 is 15.0 Å². The molecule has 1 aliphatic rings. The molecular formula is C28H28N2O3. The van der Waals surface area contributed by atoms with Gasteiger partial charge in [-0.05, 0) is 55.2 Å². The molecule has 5 heteroatoms. The quantitative estimate of drug-likeness (QED) is 0.454. The van der Waals surface area contributed by atoms with E-state index >= 15 is 0 Å². The second kappa shape index (κ2) is 9.74. The van der Waals surface area contributed by atoms with Gasteiger partial charge in [0, 0.05) is 11.8 Å². The molecule has 0 aliphatic carbocycles. The average molecular weight is 441 g/mol. The van der Waals surface area contributed by atoms with Crippen LogP contribution in [0.5, 0.6) is 5.75 Å². The van der Waals surface area contributed by atoms with Gasteiger partial charge in [0.1, 0.15) is 11.4 Å². The van der Waals surface area contributed by atoms with E-state index < -0.39 is 0 Å². The topological polar surface area (TPSA) is 58.6 Å². The van der Waals surface area contributed by atoms with Gasteiger partial charge >= 0.3 is 0 Å². The average Bonchev–Trinajstić information content (AvgIpc) is 3.08. The standard InChI is InChI=1S/C28H28N2O3/c1-4-17-33-24-8-6-7-22(18-24)29-26-25(21-13-9-19(3)10-14-21)27(31)30(28(26)32)23-15-11-20(5-2)12-16-23/h6-16,18,29H,4-5,17H2,1-3H3. The molecule has 3 aromatic carbocycles. The fourth-order valence-electron chi connectivity index (χ4n) is 3.78. The lowest BCUT2D eigenvalue weighted by molar-refractivity contribution is -0.120. The number of ether oxygens (including phenoxy) is 1. The van der Waals surface area contributed by atoms with Crippen molar-refractivity contribution in [2.45, 2.75) is 33.6 Å². The van der Waals surface area contributed by atoms with Crippen molar-refractivity contribution in [2.75, 3.05) is 16.8 Å². The third-order valence-corrected chi connectivity index (χ3v) is 5.60. The lowest BCUT2D eigenvalue weighted by atomic mass is 10.0. The molecule has 0 unspecified atom stereocenters. The first kappa shape index (κ1) is 22.3. The van der Waals surface area contributed by atoms with Gasteiger partial charge in [0.25, 0.3) is 11.8 Å². The summed E-state index contributed by atoms with van der Waals surface area (Å²) in [6, 6.07) is 22.6. The van der Waals surface area contributed by atoms with Crippen LogP contribution in [0.1, 0.15) is 37.0 Å². The maximum atomic E-state index is 13.5. The number of aryl methyl sites for hydroxylation is 2. The van der Waals surface area contributed by atoms with Crippen LogP contribution in [0.2, 0.25) is 0 Å². The molecule has 168 valence electrons. The van der Waals surface area contributed by atoms with Crippen molar-refractivity contribution in [2.24, 2.45) is 0 Å². The number of anilines is 2. The molecule has 3 aromatic rings. The van der Waals surface area contributed by atoms with Crippen molar-refractivity contribution in [3.63, 3.8) is 0 Å². The molecule has 0 radical (unpaired) electrons. The van der Waals surface area contributed by atoms with E-state index in [1.54, 1.807) is 0 Å². The summed E-state index contributed by atoms with van der Waals surface area (Å²) in [6.07, 6.45) is 1.79. The third-order valence-electron chi connectivity index (χ3n) is 5.60. The third kappa shape index (κ3) is 4.67. The number of rotatable bonds is 8. The fraction of sp³-hybridized carbons (Fsp3) is 0.214. The number of benzene rings is 3. The molecule has 1 N–H and O–H groups in total. The number of carbonyl (C=O) groups is 2. The van der Waals surface area contributed by atoms with Gasteiger partial charge in [0.05, 0.1) is 17.9 Å². The molecule has 0 bridgehead atoms. The Bertz CT molecular complexity index is 1190. The minimum atomic E-state index is -0.375. The first-order chi connectivity index (χ1) is 16.0. The minimum absolute atomic E-state index is 0.260. The second-order valence-corrected chi connectivity index (χ2v) is 8.08. The number of nitrogens with zero attached hydrogens (tertiary/aromatic N) is 1. The lowest BCUT2D eigenvalue weighted by Crippen LogP contribution is -2.32. The van der Waals surface area contributed by atoms with Crippen molar-refractivity contribution in [1.82, 2.24) is 0 Å². The van der Waals surface area contributed by atoms with Crippen LogP contribution in [0, 0.1) is 6.92 Å². The van der Waals surface area contributed by atoms with Crippen LogP contribution in [-0.2, 0) is 16.0 Å². The highest BCUT2D eigenvalue weighted by molar-refractivity contribution is 6.46. The zero-order chi connectivity index (χ0) is 23.4. The Balaban J connectivity index is 1.74. The Morgan fingerprint density at radius 2 is 1.61 bits per heavy atom. The Kier molecular flexibility index (Phi) is 6.59. The van der Waals surface area contributed by atoms with E-state index in [1.165, 1.54) is 4.90 Å². The van der Waals surface area contributed by atoms with Crippen molar-refractivity contribution in [1.29, 1.82) is 0 Å². The summed E-state index contributed by atoms with van der Waals surface area (Å²) in [5.74, 6) is -0.00295. The first-order valence-corrected chi connectivity index (χ1v) is 11.3. The summed E-state index contributed by atoms with van der Waals surface area (Å²) >= 11 is 0. The van der Waals surface area contributed by atoms with Gasteiger partial charge in [-0.15, -0.1) is 0 Å². The summed E-state index contributed by atoms with van der Waals surface area (Å²) in [5, 5.41) is 3.21. The van der Waals surface area contributed by atoms with Crippen molar-refractivity contribution in [3.8, 4) is 5.75 Å². The molecular weight excluding hydrogens is 412 g/mol. The highest BCUT2D eigenvalue weighted by Crippen LogP contribution is 2.34. The molecule has 0 atom stereocenters. The molecule has 0 spiro atoms. The fourth-order valence-corrected chi connectivity index (χ4v) is 3.78. The highest BCUT2D eigenvalue weighted by atomic mass is 16.5. The van der Waals surface area contributed by atoms with Gasteiger partial charge in [-0.25, -0.2) is 4.90 Å². The monoisotopic (exact) mass is 440 g/mol. The summed E-state index contributed by atoms with van der Waals surface area (Å²) < 4.78 is 5.73. The number of nitrogens with one attached hydrogen (secondary N) is 1. The number of carbonyl (C=O) groups excluding carboxylic acids is 2. The predicted octanol–water partition coefficient (Wildman–Crippen LogP) is 5.74. The van der Waals surface area contributed by atoms with Gasteiger partial charge in [-0.3, -0.25) is 9.59 Å². The van der Waals surface area contributed by atoms with E-state index in [-0.39, 0.29) is 17.5 Å². The first-order valence-electron chi connectivity index (χ1n) is 11.3. The normalized spacial score (nSPS) is 13.6. The SMILES string of the molecule is CCCOc1cccc(NC2=C(c3ccc(C)cc3)C(=O)N(c3ccc(CC)cc3)C2=O)c1. The van der Waals surface area contributed by atoms with E-state index in [9.17, 15) is 9.59 Å². The van der Waals surface area contributed by atoms with Crippen LogP contribution in [0.15, 0.2) is 78.5 Å². The lowest BCUT2D eigenvalue weighted by Gasteiger charge is -2.16. The van der Waals surface area contributed by atoms with E-state index in [4.69, 9.17) is 4.74 Å². The van der Waals surface area contributed by atoms with Crippen LogP contribution in [0.25, 0.3) is 5.57 Å². The number of imide groups is 1. The summed E-state index contributed by atoms with van der Waals surface area (Å²) in [4.78, 5) is 28.3. The van der Waals surface area contributed by atoms with E-state index in [2.05, 4.69) is 12.2 Å². The molecule has 33 heavy (non-hydrogen) atoms. The molecule has 0 saturated carbocycles. The largest absolute Gasteiger partial charge is 0.494 e. The van der Waals surface area contributed by atoms with Gasteiger partial charge in [-0.2, -0.15) is 0 Å². The summed E-state index contributed by atoms with van der Waals surface area (Å²) in [5.41, 5.74) is 4.80. The number of amides is 2. The van der Waals surface area contributed by atoms with Crippen LogP contribution >= 0.6 is 0 Å². The Morgan fingerprint density at radius 1 is 0.879 bits per heavy atom. The van der Waals surface area contributed by atoms with Crippen molar-refractivity contribution < 1.29 is 14.3 Å². The number of hydrogen-bond donors (Lipinski definition) is 1. The summed E-state index contributed by atoms with van der Waals surface area (Å²) in [6.45, 7) is 6.71. The van der Waals surface area contributed by atoms with Gasteiger partial charge in [0.2, 0.25) is 0 Å². The smallest absolute Gasteiger partial charge is 0.282 e. The van der Waals surface area contributed by atoms with Crippen LogP contribution in [-0.4, -0.2) is 18.4 Å². The zero-order valence-electron chi connectivity index (χ0n) is 19.2. The molecule has 1 aliphatic heterocycles. The Hall–Kier alpha value is -3.86. The molecule has 2 amide bonds. The second-order valence-electron chi connectivity index (χ2n) is 8.08. The molecule has 1 heterocycles. The Labute approximate surface area is 194 Å². The molecule has 0 saturated heterocycles. The molecule has 0 fully saturated rings. The van der Waals surface area contributed by atoms with Gasteiger partial charge in [-0.1, -0.05) is 61.9 Å². The Morgan fingerprint density at radius 3 is 2.27 bits per heavy atom.